The number of hydrogen-bond acceptors (Lipinski definition) is 4. The first-order valence-corrected chi connectivity index (χ1v) is 7.53. The molecule has 0 aliphatic heterocycles. The standard InChI is InChI=1S/C14H15N3O2S/c1-3-5-10(2)17-20(18,19)13-8-7-12(15)11-6-4-9-16-14(11)13/h1,4,6-10,17H,5,15H2,2H3. The minimum atomic E-state index is -3.69. The molecule has 2 aromatic rings. The zero-order valence-corrected chi connectivity index (χ0v) is 11.8. The zero-order valence-electron chi connectivity index (χ0n) is 11.0. The van der Waals surface area contributed by atoms with Crippen LogP contribution in [0.1, 0.15) is 13.3 Å². The molecule has 0 saturated heterocycles. The fraction of sp³-hybridized carbons (Fsp3) is 0.214. The summed E-state index contributed by atoms with van der Waals surface area (Å²) in [5, 5.41) is 0.611. The van der Waals surface area contributed by atoms with Gasteiger partial charge in [-0.15, -0.1) is 12.3 Å². The van der Waals surface area contributed by atoms with Crippen molar-refractivity contribution in [1.29, 1.82) is 0 Å². The normalized spacial score (nSPS) is 13.0. The number of nitrogens with two attached hydrogens (primary N) is 1. The largest absolute Gasteiger partial charge is 0.398 e. The maximum Gasteiger partial charge on any atom is 0.243 e. The summed E-state index contributed by atoms with van der Waals surface area (Å²) in [5.74, 6) is 2.43. The van der Waals surface area contributed by atoms with Crippen molar-refractivity contribution in [2.24, 2.45) is 0 Å². The van der Waals surface area contributed by atoms with E-state index in [1.165, 1.54) is 12.3 Å². The first-order valence-electron chi connectivity index (χ1n) is 6.04. The molecule has 0 amide bonds. The number of hydrogen-bond donors (Lipinski definition) is 2. The summed E-state index contributed by atoms with van der Waals surface area (Å²) in [6.45, 7) is 1.71. The Bertz CT molecular complexity index is 779. The SMILES string of the molecule is C#CCC(C)NS(=O)(=O)c1ccc(N)c2cccnc12. The monoisotopic (exact) mass is 289 g/mol. The van der Waals surface area contributed by atoms with E-state index in [4.69, 9.17) is 12.2 Å². The molecule has 6 heteroatoms. The number of anilines is 1. The third kappa shape index (κ3) is 2.74. The Balaban J connectivity index is 2.53. The van der Waals surface area contributed by atoms with Crippen LogP contribution in [-0.4, -0.2) is 19.4 Å². The van der Waals surface area contributed by atoms with Crippen molar-refractivity contribution in [1.82, 2.24) is 9.71 Å². The molecule has 0 aliphatic carbocycles. The van der Waals surface area contributed by atoms with E-state index in [1.807, 2.05) is 0 Å². The van der Waals surface area contributed by atoms with Gasteiger partial charge in [0, 0.05) is 29.7 Å². The number of benzene rings is 1. The van der Waals surface area contributed by atoms with Gasteiger partial charge in [-0.1, -0.05) is 0 Å². The number of terminal acetylenes is 1. The first-order chi connectivity index (χ1) is 9.45. The highest BCUT2D eigenvalue weighted by Gasteiger charge is 2.21. The van der Waals surface area contributed by atoms with Crippen LogP contribution in [0, 0.1) is 12.3 Å². The van der Waals surface area contributed by atoms with E-state index < -0.39 is 10.0 Å². The number of aromatic nitrogens is 1. The summed E-state index contributed by atoms with van der Waals surface area (Å²) < 4.78 is 27.3. The summed E-state index contributed by atoms with van der Waals surface area (Å²) in [7, 11) is -3.69. The second-order valence-electron chi connectivity index (χ2n) is 4.48. The van der Waals surface area contributed by atoms with Gasteiger partial charge >= 0.3 is 0 Å². The molecule has 104 valence electrons. The van der Waals surface area contributed by atoms with Crippen LogP contribution < -0.4 is 10.5 Å². The number of nitrogens with one attached hydrogen (secondary N) is 1. The van der Waals surface area contributed by atoms with Crippen LogP contribution in [0.15, 0.2) is 35.4 Å². The molecule has 0 radical (unpaired) electrons. The lowest BCUT2D eigenvalue weighted by atomic mass is 10.2. The van der Waals surface area contributed by atoms with Crippen LogP contribution in [0.4, 0.5) is 5.69 Å². The summed E-state index contributed by atoms with van der Waals surface area (Å²) in [6, 6.07) is 6.12. The van der Waals surface area contributed by atoms with E-state index in [-0.39, 0.29) is 10.9 Å². The van der Waals surface area contributed by atoms with Crippen molar-refractivity contribution in [3.05, 3.63) is 30.5 Å². The summed E-state index contributed by atoms with van der Waals surface area (Å²) >= 11 is 0. The van der Waals surface area contributed by atoms with Crippen molar-refractivity contribution in [2.75, 3.05) is 5.73 Å². The van der Waals surface area contributed by atoms with Crippen LogP contribution in [0.5, 0.6) is 0 Å². The lowest BCUT2D eigenvalue weighted by molar-refractivity contribution is 0.564. The number of rotatable bonds is 4. The first kappa shape index (κ1) is 14.3. The number of fused-ring (bicyclic) bond motifs is 1. The van der Waals surface area contributed by atoms with Crippen molar-refractivity contribution < 1.29 is 8.42 Å². The van der Waals surface area contributed by atoms with Gasteiger partial charge in [-0.2, -0.15) is 0 Å². The quantitative estimate of drug-likeness (QED) is 0.660. The highest BCUT2D eigenvalue weighted by atomic mass is 32.2. The van der Waals surface area contributed by atoms with Crippen molar-refractivity contribution in [3.63, 3.8) is 0 Å². The number of nitrogens with zero attached hydrogens (tertiary/aromatic N) is 1. The fourth-order valence-corrected chi connectivity index (χ4v) is 3.34. The summed E-state index contributed by atoms with van der Waals surface area (Å²) in [5.41, 5.74) is 6.68. The molecular formula is C14H15N3O2S. The van der Waals surface area contributed by atoms with Gasteiger partial charge in [0.2, 0.25) is 10.0 Å². The van der Waals surface area contributed by atoms with Crippen molar-refractivity contribution in [3.8, 4) is 12.3 Å². The lowest BCUT2D eigenvalue weighted by Crippen LogP contribution is -2.32. The highest BCUT2D eigenvalue weighted by Crippen LogP contribution is 2.25. The van der Waals surface area contributed by atoms with Crippen LogP contribution >= 0.6 is 0 Å². The summed E-state index contributed by atoms with van der Waals surface area (Å²) in [6.07, 6.45) is 7.04. The Labute approximate surface area is 118 Å². The van der Waals surface area contributed by atoms with Crippen LogP contribution in [0.3, 0.4) is 0 Å². The Hall–Kier alpha value is -2.10. The van der Waals surface area contributed by atoms with E-state index in [0.717, 1.165) is 0 Å². The lowest BCUT2D eigenvalue weighted by Gasteiger charge is -2.13. The second-order valence-corrected chi connectivity index (χ2v) is 6.17. The van der Waals surface area contributed by atoms with E-state index >= 15 is 0 Å². The molecule has 5 nitrogen and oxygen atoms in total. The van der Waals surface area contributed by atoms with Gasteiger partial charge in [0.05, 0.1) is 5.52 Å². The van der Waals surface area contributed by atoms with E-state index in [9.17, 15) is 8.42 Å². The molecule has 0 spiro atoms. The molecule has 0 aliphatic rings. The molecule has 3 N–H and O–H groups in total. The van der Waals surface area contributed by atoms with Gasteiger partial charge in [-0.25, -0.2) is 13.1 Å². The third-order valence-corrected chi connectivity index (χ3v) is 4.46. The van der Waals surface area contributed by atoms with Gasteiger partial charge < -0.3 is 5.73 Å². The summed E-state index contributed by atoms with van der Waals surface area (Å²) in [4.78, 5) is 4.23. The zero-order chi connectivity index (χ0) is 14.8. The fourth-order valence-electron chi connectivity index (χ4n) is 1.93. The predicted molar refractivity (Wildman–Crippen MR) is 79.4 cm³/mol. The van der Waals surface area contributed by atoms with Gasteiger partial charge in [-0.3, -0.25) is 4.98 Å². The molecule has 1 atom stereocenters. The molecule has 0 saturated carbocycles. The molecule has 1 heterocycles. The molecule has 1 unspecified atom stereocenters. The molecule has 1 aromatic carbocycles. The van der Waals surface area contributed by atoms with Gasteiger partial charge in [-0.05, 0) is 31.2 Å². The Morgan fingerprint density at radius 1 is 1.45 bits per heavy atom. The maximum absolute atomic E-state index is 12.4. The number of sulfonamides is 1. The smallest absolute Gasteiger partial charge is 0.243 e. The average Bonchev–Trinajstić information content (AvgIpc) is 2.38. The topological polar surface area (TPSA) is 85.1 Å². The van der Waals surface area contributed by atoms with Crippen LogP contribution in [-0.2, 0) is 10.0 Å². The number of nitrogen functional groups attached to an aromatic ring is 1. The maximum atomic E-state index is 12.4. The average molecular weight is 289 g/mol. The van der Waals surface area contributed by atoms with Gasteiger partial charge in [0.15, 0.2) is 0 Å². The highest BCUT2D eigenvalue weighted by molar-refractivity contribution is 7.89. The second kappa shape index (κ2) is 5.49. The minimum Gasteiger partial charge on any atom is -0.398 e. The Morgan fingerprint density at radius 3 is 2.90 bits per heavy atom. The van der Waals surface area contributed by atoms with E-state index in [0.29, 0.717) is 23.0 Å². The van der Waals surface area contributed by atoms with E-state index in [2.05, 4.69) is 15.6 Å². The third-order valence-electron chi connectivity index (χ3n) is 2.84. The van der Waals surface area contributed by atoms with Crippen molar-refractivity contribution in [2.45, 2.75) is 24.3 Å². The van der Waals surface area contributed by atoms with Crippen LogP contribution in [0.25, 0.3) is 10.9 Å². The minimum absolute atomic E-state index is 0.103. The molecule has 2 rings (SSSR count). The number of pyridine rings is 1. The molecule has 0 bridgehead atoms. The van der Waals surface area contributed by atoms with Gasteiger partial charge in [0.1, 0.15) is 4.90 Å². The Kier molecular flexibility index (Phi) is 3.93. The molecule has 20 heavy (non-hydrogen) atoms. The van der Waals surface area contributed by atoms with Crippen LogP contribution in [0.2, 0.25) is 0 Å². The molecule has 1 aromatic heterocycles. The molecular weight excluding hydrogens is 274 g/mol. The van der Waals surface area contributed by atoms with Crippen molar-refractivity contribution >= 4 is 26.6 Å². The molecule has 0 fully saturated rings. The van der Waals surface area contributed by atoms with E-state index in [1.54, 1.807) is 25.1 Å². The van der Waals surface area contributed by atoms with Gasteiger partial charge in [0.25, 0.3) is 0 Å². The predicted octanol–water partition coefficient (Wildman–Crippen LogP) is 1.51. The Morgan fingerprint density at radius 2 is 2.20 bits per heavy atom.